The monoisotopic (exact) mass is 392 g/mol. The van der Waals surface area contributed by atoms with Gasteiger partial charge in [-0.2, -0.15) is 13.2 Å². The minimum absolute atomic E-state index is 0.0477. The number of halogens is 3. The van der Waals surface area contributed by atoms with Crippen LogP contribution in [0.4, 0.5) is 19.0 Å². The van der Waals surface area contributed by atoms with E-state index in [0.717, 1.165) is 29.8 Å². The molecule has 28 heavy (non-hydrogen) atoms. The number of alkyl halides is 3. The first kappa shape index (κ1) is 19.0. The molecule has 0 radical (unpaired) electrons. The lowest BCUT2D eigenvalue weighted by Gasteiger charge is -2.43. The van der Waals surface area contributed by atoms with Crippen molar-refractivity contribution in [3.05, 3.63) is 57.6 Å². The van der Waals surface area contributed by atoms with Crippen LogP contribution in [0, 0.1) is 5.92 Å². The van der Waals surface area contributed by atoms with Crippen molar-refractivity contribution < 1.29 is 13.2 Å². The lowest BCUT2D eigenvalue weighted by atomic mass is 9.83. The molecule has 2 aliphatic rings. The zero-order valence-electron chi connectivity index (χ0n) is 15.9. The number of fused-ring (bicyclic) bond motifs is 4. The summed E-state index contributed by atoms with van der Waals surface area (Å²) < 4.78 is 41.0. The third-order valence-electron chi connectivity index (χ3n) is 5.57. The summed E-state index contributed by atoms with van der Waals surface area (Å²) in [6.45, 7) is 2.36. The molecule has 0 spiro atoms. The molecule has 2 atom stereocenters. The third-order valence-corrected chi connectivity index (χ3v) is 5.57. The molecule has 0 aromatic carbocycles. The van der Waals surface area contributed by atoms with Gasteiger partial charge in [0.25, 0.3) is 5.56 Å². The van der Waals surface area contributed by atoms with Gasteiger partial charge in [0.1, 0.15) is 5.82 Å². The second-order valence-electron chi connectivity index (χ2n) is 8.04. The first-order valence-corrected chi connectivity index (χ1v) is 9.38. The summed E-state index contributed by atoms with van der Waals surface area (Å²) in [6, 6.07) is 6.00. The third kappa shape index (κ3) is 3.53. The van der Waals surface area contributed by atoms with Crippen molar-refractivity contribution in [2.45, 2.75) is 31.6 Å². The van der Waals surface area contributed by atoms with Crippen LogP contribution in [0.2, 0.25) is 0 Å². The van der Waals surface area contributed by atoms with E-state index in [4.69, 9.17) is 0 Å². The largest absolute Gasteiger partial charge is 0.416 e. The molecule has 0 N–H and O–H groups in total. The highest BCUT2D eigenvalue weighted by molar-refractivity contribution is 5.44. The van der Waals surface area contributed by atoms with Crippen LogP contribution in [-0.4, -0.2) is 41.6 Å². The Kier molecular flexibility index (Phi) is 4.69. The van der Waals surface area contributed by atoms with Crippen LogP contribution in [0.25, 0.3) is 0 Å². The molecule has 0 saturated carbocycles. The molecule has 0 amide bonds. The second kappa shape index (κ2) is 6.92. The van der Waals surface area contributed by atoms with E-state index in [-0.39, 0.29) is 17.4 Å². The van der Waals surface area contributed by atoms with E-state index in [0.29, 0.717) is 32.0 Å². The Labute approximate surface area is 161 Å². The molecule has 5 nitrogen and oxygen atoms in total. The first-order chi connectivity index (χ1) is 13.2. The molecule has 150 valence electrons. The fourth-order valence-corrected chi connectivity index (χ4v) is 4.41. The minimum atomic E-state index is -4.38. The average Bonchev–Trinajstić information content (AvgIpc) is 2.63. The zero-order chi connectivity index (χ0) is 20.1. The SMILES string of the molecule is CN(C)Cc1ccc2n(c1=O)C[C@H]1C[C@@H]2CN(c2cc(C(F)(F)F)ccn2)C1. The van der Waals surface area contributed by atoms with Gasteiger partial charge in [-0.15, -0.1) is 0 Å². The van der Waals surface area contributed by atoms with Gasteiger partial charge in [0.15, 0.2) is 0 Å². The van der Waals surface area contributed by atoms with Crippen LogP contribution in [0.1, 0.15) is 29.2 Å². The zero-order valence-corrected chi connectivity index (χ0v) is 15.9. The molecule has 0 unspecified atom stereocenters. The topological polar surface area (TPSA) is 41.4 Å². The summed E-state index contributed by atoms with van der Waals surface area (Å²) in [5.74, 6) is 0.685. The van der Waals surface area contributed by atoms with Crippen molar-refractivity contribution >= 4 is 5.82 Å². The summed E-state index contributed by atoms with van der Waals surface area (Å²) >= 11 is 0. The molecule has 4 rings (SSSR count). The van der Waals surface area contributed by atoms with E-state index in [1.165, 1.54) is 6.20 Å². The average molecular weight is 392 g/mol. The van der Waals surface area contributed by atoms with Gasteiger partial charge in [-0.25, -0.2) is 4.98 Å². The first-order valence-electron chi connectivity index (χ1n) is 9.38. The number of anilines is 1. The van der Waals surface area contributed by atoms with Crippen LogP contribution >= 0.6 is 0 Å². The Morgan fingerprint density at radius 3 is 2.68 bits per heavy atom. The van der Waals surface area contributed by atoms with Gasteiger partial charge in [-0.05, 0) is 44.6 Å². The molecule has 2 aliphatic heterocycles. The van der Waals surface area contributed by atoms with Crippen LogP contribution in [-0.2, 0) is 19.3 Å². The summed E-state index contributed by atoms with van der Waals surface area (Å²) in [6.07, 6.45) is -2.22. The van der Waals surface area contributed by atoms with Crippen molar-refractivity contribution in [2.75, 3.05) is 32.1 Å². The summed E-state index contributed by atoms with van der Waals surface area (Å²) in [4.78, 5) is 20.9. The number of pyridine rings is 2. The normalized spacial score (nSPS) is 21.7. The molecular formula is C20H23F3N4O. The summed E-state index contributed by atoms with van der Waals surface area (Å²) in [5.41, 5.74) is 1.11. The fraction of sp³-hybridized carbons (Fsp3) is 0.500. The Balaban J connectivity index is 1.63. The lowest BCUT2D eigenvalue weighted by Crippen LogP contribution is -2.48. The molecule has 0 aliphatic carbocycles. The molecule has 2 aromatic heterocycles. The summed E-state index contributed by atoms with van der Waals surface area (Å²) in [5, 5.41) is 0. The predicted octanol–water partition coefficient (Wildman–Crippen LogP) is 2.95. The van der Waals surface area contributed by atoms with Gasteiger partial charge >= 0.3 is 6.18 Å². The predicted molar refractivity (Wildman–Crippen MR) is 100 cm³/mol. The van der Waals surface area contributed by atoms with Crippen LogP contribution in [0.3, 0.4) is 0 Å². The van der Waals surface area contributed by atoms with Crippen LogP contribution in [0.15, 0.2) is 35.3 Å². The number of rotatable bonds is 3. The molecular weight excluding hydrogens is 369 g/mol. The molecule has 2 aromatic rings. The van der Waals surface area contributed by atoms with Crippen molar-refractivity contribution in [3.63, 3.8) is 0 Å². The molecule has 1 fully saturated rings. The summed E-state index contributed by atoms with van der Waals surface area (Å²) in [7, 11) is 3.86. The highest BCUT2D eigenvalue weighted by Gasteiger charge is 2.36. The number of aromatic nitrogens is 2. The molecule has 2 bridgehead atoms. The maximum atomic E-state index is 13.0. The van der Waals surface area contributed by atoms with E-state index in [1.807, 2.05) is 40.6 Å². The van der Waals surface area contributed by atoms with Crippen molar-refractivity contribution in [1.82, 2.24) is 14.5 Å². The fourth-order valence-electron chi connectivity index (χ4n) is 4.41. The van der Waals surface area contributed by atoms with Gasteiger partial charge in [0, 0.05) is 49.6 Å². The van der Waals surface area contributed by atoms with Crippen LogP contribution < -0.4 is 10.5 Å². The number of hydrogen-bond donors (Lipinski definition) is 0. The number of piperidine rings is 1. The molecule has 4 heterocycles. The van der Waals surface area contributed by atoms with E-state index >= 15 is 0 Å². The van der Waals surface area contributed by atoms with Crippen molar-refractivity contribution in [3.8, 4) is 0 Å². The van der Waals surface area contributed by atoms with E-state index in [9.17, 15) is 18.0 Å². The van der Waals surface area contributed by atoms with Gasteiger partial charge < -0.3 is 14.4 Å². The number of nitrogens with zero attached hydrogens (tertiary/aromatic N) is 4. The van der Waals surface area contributed by atoms with Gasteiger partial charge in [0.2, 0.25) is 0 Å². The Morgan fingerprint density at radius 1 is 1.18 bits per heavy atom. The smallest absolute Gasteiger partial charge is 0.356 e. The van der Waals surface area contributed by atoms with Gasteiger partial charge in [-0.1, -0.05) is 6.07 Å². The second-order valence-corrected chi connectivity index (χ2v) is 8.04. The van der Waals surface area contributed by atoms with Crippen LogP contribution in [0.5, 0.6) is 0 Å². The van der Waals surface area contributed by atoms with E-state index in [1.54, 1.807) is 0 Å². The maximum Gasteiger partial charge on any atom is 0.416 e. The standard InChI is InChI=1S/C20H23F3N4O/c1-25(2)11-14-3-4-17-15-7-13(10-27(17)19(14)28)9-26(12-15)18-8-16(5-6-24-18)20(21,22)23/h3-6,8,13,15H,7,9-12H2,1-2H3/t13-,15+/m0/s1. The highest BCUT2D eigenvalue weighted by atomic mass is 19.4. The molecule has 1 saturated heterocycles. The Morgan fingerprint density at radius 2 is 1.96 bits per heavy atom. The quantitative estimate of drug-likeness (QED) is 0.806. The Bertz CT molecular complexity index is 938. The molecule has 8 heteroatoms. The van der Waals surface area contributed by atoms with E-state index < -0.39 is 11.7 Å². The highest BCUT2D eigenvalue weighted by Crippen LogP contribution is 2.38. The Hall–Kier alpha value is -2.35. The van der Waals surface area contributed by atoms with Crippen molar-refractivity contribution in [2.24, 2.45) is 5.92 Å². The van der Waals surface area contributed by atoms with Gasteiger partial charge in [0.05, 0.1) is 5.56 Å². The van der Waals surface area contributed by atoms with Crippen molar-refractivity contribution in [1.29, 1.82) is 0 Å². The lowest BCUT2D eigenvalue weighted by molar-refractivity contribution is -0.137. The van der Waals surface area contributed by atoms with E-state index in [2.05, 4.69) is 4.98 Å². The van der Waals surface area contributed by atoms with Gasteiger partial charge in [-0.3, -0.25) is 4.79 Å². The number of hydrogen-bond acceptors (Lipinski definition) is 4. The maximum absolute atomic E-state index is 13.0. The minimum Gasteiger partial charge on any atom is -0.356 e.